The molecule has 0 aromatic heterocycles. The summed E-state index contributed by atoms with van der Waals surface area (Å²) in [7, 11) is 1.98. The highest BCUT2D eigenvalue weighted by Crippen LogP contribution is 2.43. The van der Waals surface area contributed by atoms with E-state index in [9.17, 15) is 4.79 Å². The summed E-state index contributed by atoms with van der Waals surface area (Å²) in [5.41, 5.74) is 8.12. The fourth-order valence-corrected chi connectivity index (χ4v) is 4.37. The van der Waals surface area contributed by atoms with E-state index in [0.29, 0.717) is 13.1 Å². The van der Waals surface area contributed by atoms with Gasteiger partial charge in [0, 0.05) is 25.0 Å². The molecule has 0 spiro atoms. The Morgan fingerprint density at radius 3 is 2.31 bits per heavy atom. The summed E-state index contributed by atoms with van der Waals surface area (Å²) in [4.78, 5) is 14.5. The zero-order valence-corrected chi connectivity index (χ0v) is 20.9. The standard InChI is InChI=1S/C28H38N2O2/c1-19-9-11-21(12-10-19)23-15-20(2)22(17-29-8)16-24(23)25-13-14-30(18-28(25,6)7)26(31)32-27(3,4)5/h9-13,15-16,29H,14,17-18H2,1-8H3. The van der Waals surface area contributed by atoms with Gasteiger partial charge < -0.3 is 15.0 Å². The zero-order chi connectivity index (χ0) is 23.7. The quantitative estimate of drug-likeness (QED) is 0.609. The molecule has 1 amide bonds. The van der Waals surface area contributed by atoms with Crippen LogP contribution < -0.4 is 5.32 Å². The average Bonchev–Trinajstić information content (AvgIpc) is 2.68. The van der Waals surface area contributed by atoms with E-state index in [0.717, 1.165) is 6.54 Å². The van der Waals surface area contributed by atoms with E-state index in [1.54, 1.807) is 0 Å². The van der Waals surface area contributed by atoms with Crippen LogP contribution in [0.1, 0.15) is 56.9 Å². The summed E-state index contributed by atoms with van der Waals surface area (Å²) in [5, 5.41) is 3.30. The molecular formula is C28H38N2O2. The summed E-state index contributed by atoms with van der Waals surface area (Å²) in [6, 6.07) is 13.4. The minimum absolute atomic E-state index is 0.208. The zero-order valence-electron chi connectivity index (χ0n) is 20.9. The summed E-state index contributed by atoms with van der Waals surface area (Å²) in [5.74, 6) is 0. The second-order valence-corrected chi connectivity index (χ2v) is 10.6. The van der Waals surface area contributed by atoms with E-state index in [4.69, 9.17) is 4.74 Å². The minimum Gasteiger partial charge on any atom is -0.444 e. The Labute approximate surface area is 193 Å². The summed E-state index contributed by atoms with van der Waals surface area (Å²) >= 11 is 0. The molecule has 2 aromatic rings. The van der Waals surface area contributed by atoms with Crippen molar-refractivity contribution in [2.75, 3.05) is 20.1 Å². The average molecular weight is 435 g/mol. The number of aryl methyl sites for hydroxylation is 2. The molecule has 0 saturated carbocycles. The first-order chi connectivity index (χ1) is 14.9. The number of nitrogens with zero attached hydrogens (tertiary/aromatic N) is 1. The van der Waals surface area contributed by atoms with Crippen molar-refractivity contribution in [3.63, 3.8) is 0 Å². The summed E-state index contributed by atoms with van der Waals surface area (Å²) in [6.45, 7) is 16.4. The van der Waals surface area contributed by atoms with Gasteiger partial charge in [0.1, 0.15) is 5.60 Å². The molecule has 0 radical (unpaired) electrons. The number of rotatable bonds is 4. The van der Waals surface area contributed by atoms with Crippen LogP contribution in [0, 0.1) is 19.3 Å². The maximum Gasteiger partial charge on any atom is 0.410 e. The van der Waals surface area contributed by atoms with Crippen LogP contribution in [0.4, 0.5) is 4.79 Å². The van der Waals surface area contributed by atoms with Gasteiger partial charge in [-0.3, -0.25) is 0 Å². The maximum absolute atomic E-state index is 12.7. The molecule has 2 aromatic carbocycles. The smallest absolute Gasteiger partial charge is 0.410 e. The lowest BCUT2D eigenvalue weighted by atomic mass is 9.75. The van der Waals surface area contributed by atoms with E-state index >= 15 is 0 Å². The molecule has 0 aliphatic carbocycles. The van der Waals surface area contributed by atoms with E-state index in [1.165, 1.54) is 39.0 Å². The second-order valence-electron chi connectivity index (χ2n) is 10.6. The van der Waals surface area contributed by atoms with Crippen LogP contribution in [0.25, 0.3) is 16.7 Å². The van der Waals surface area contributed by atoms with Crippen LogP contribution in [-0.2, 0) is 11.3 Å². The predicted octanol–water partition coefficient (Wildman–Crippen LogP) is 6.35. The number of ether oxygens (including phenoxy) is 1. The number of hydrogen-bond donors (Lipinski definition) is 1. The first-order valence-electron chi connectivity index (χ1n) is 11.5. The van der Waals surface area contributed by atoms with Gasteiger partial charge in [-0.1, -0.05) is 55.8 Å². The highest BCUT2D eigenvalue weighted by molar-refractivity contribution is 5.85. The van der Waals surface area contributed by atoms with Crippen LogP contribution in [0.2, 0.25) is 0 Å². The van der Waals surface area contributed by atoms with Gasteiger partial charge in [0.05, 0.1) is 0 Å². The van der Waals surface area contributed by atoms with Crippen LogP contribution in [0.15, 0.2) is 42.5 Å². The topological polar surface area (TPSA) is 41.6 Å². The van der Waals surface area contributed by atoms with Crippen LogP contribution in [0.5, 0.6) is 0 Å². The second kappa shape index (κ2) is 9.11. The molecule has 0 bridgehead atoms. The first-order valence-corrected chi connectivity index (χ1v) is 11.5. The van der Waals surface area contributed by atoms with Gasteiger partial charge in [-0.2, -0.15) is 0 Å². The molecule has 172 valence electrons. The third-order valence-corrected chi connectivity index (χ3v) is 5.98. The van der Waals surface area contributed by atoms with Crippen molar-refractivity contribution in [2.45, 2.75) is 60.6 Å². The van der Waals surface area contributed by atoms with Crippen LogP contribution in [-0.4, -0.2) is 36.7 Å². The number of benzene rings is 2. The molecule has 1 aliphatic heterocycles. The SMILES string of the molecule is CNCc1cc(C2=CCN(C(=O)OC(C)(C)C)CC2(C)C)c(-c2ccc(C)cc2)cc1C. The van der Waals surface area contributed by atoms with Crippen LogP contribution >= 0.6 is 0 Å². The minimum atomic E-state index is -0.497. The lowest BCUT2D eigenvalue weighted by Crippen LogP contribution is -2.45. The van der Waals surface area contributed by atoms with E-state index in [2.05, 4.69) is 75.5 Å². The summed E-state index contributed by atoms with van der Waals surface area (Å²) < 4.78 is 5.63. The molecule has 4 heteroatoms. The van der Waals surface area contributed by atoms with E-state index in [-0.39, 0.29) is 11.5 Å². The Morgan fingerprint density at radius 1 is 1.09 bits per heavy atom. The first kappa shape index (κ1) is 24.1. The molecule has 0 saturated heterocycles. The third kappa shape index (κ3) is 5.42. The molecule has 1 heterocycles. The van der Waals surface area contributed by atoms with E-state index < -0.39 is 5.60 Å². The van der Waals surface area contributed by atoms with Crippen molar-refractivity contribution in [3.05, 3.63) is 64.7 Å². The normalized spacial score (nSPS) is 16.0. The molecule has 3 rings (SSSR count). The third-order valence-electron chi connectivity index (χ3n) is 5.98. The monoisotopic (exact) mass is 434 g/mol. The van der Waals surface area contributed by atoms with Crippen molar-refractivity contribution in [3.8, 4) is 11.1 Å². The van der Waals surface area contributed by atoms with Crippen molar-refractivity contribution in [2.24, 2.45) is 5.41 Å². The maximum atomic E-state index is 12.7. The van der Waals surface area contributed by atoms with Gasteiger partial charge in [-0.05, 0) is 81.1 Å². The molecule has 4 nitrogen and oxygen atoms in total. The van der Waals surface area contributed by atoms with Crippen LogP contribution in [0.3, 0.4) is 0 Å². The Hall–Kier alpha value is -2.59. The van der Waals surface area contributed by atoms with Gasteiger partial charge in [-0.15, -0.1) is 0 Å². The van der Waals surface area contributed by atoms with Crippen molar-refractivity contribution >= 4 is 11.7 Å². The Bertz CT molecular complexity index is 1010. The van der Waals surface area contributed by atoms with Crippen molar-refractivity contribution < 1.29 is 9.53 Å². The molecule has 0 unspecified atom stereocenters. The highest BCUT2D eigenvalue weighted by Gasteiger charge is 2.35. The molecule has 1 N–H and O–H groups in total. The molecule has 0 fully saturated rings. The fourth-order valence-electron chi connectivity index (χ4n) is 4.37. The van der Waals surface area contributed by atoms with Gasteiger partial charge >= 0.3 is 6.09 Å². The fraction of sp³-hybridized carbons (Fsp3) is 0.464. The lowest BCUT2D eigenvalue weighted by molar-refractivity contribution is 0.0219. The van der Waals surface area contributed by atoms with Gasteiger partial charge in [0.25, 0.3) is 0 Å². The Morgan fingerprint density at radius 2 is 1.75 bits per heavy atom. The largest absolute Gasteiger partial charge is 0.444 e. The van der Waals surface area contributed by atoms with Gasteiger partial charge in [0.15, 0.2) is 0 Å². The molecule has 32 heavy (non-hydrogen) atoms. The Kier molecular flexibility index (Phi) is 6.85. The molecular weight excluding hydrogens is 396 g/mol. The van der Waals surface area contributed by atoms with Gasteiger partial charge in [-0.25, -0.2) is 4.79 Å². The lowest BCUT2D eigenvalue weighted by Gasteiger charge is -2.40. The molecule has 0 atom stereocenters. The van der Waals surface area contributed by atoms with Crippen molar-refractivity contribution in [1.29, 1.82) is 0 Å². The summed E-state index contributed by atoms with van der Waals surface area (Å²) in [6.07, 6.45) is 1.96. The number of amides is 1. The number of nitrogens with one attached hydrogen (secondary N) is 1. The number of hydrogen-bond acceptors (Lipinski definition) is 3. The Balaban J connectivity index is 2.07. The van der Waals surface area contributed by atoms with E-state index in [1.807, 2.05) is 32.7 Å². The highest BCUT2D eigenvalue weighted by atomic mass is 16.6. The predicted molar refractivity (Wildman–Crippen MR) is 134 cm³/mol. The number of carbonyl (C=O) groups excluding carboxylic acids is 1. The number of carbonyl (C=O) groups is 1. The molecule has 1 aliphatic rings. The van der Waals surface area contributed by atoms with Crippen molar-refractivity contribution in [1.82, 2.24) is 10.2 Å². The van der Waals surface area contributed by atoms with Gasteiger partial charge in [0.2, 0.25) is 0 Å².